The van der Waals surface area contributed by atoms with Crippen LogP contribution in [0.5, 0.6) is 0 Å². The second kappa shape index (κ2) is 4.09. The first kappa shape index (κ1) is 10.5. The van der Waals surface area contributed by atoms with Gasteiger partial charge in [0.05, 0.1) is 6.61 Å². The molecule has 3 heteroatoms. The van der Waals surface area contributed by atoms with Crippen LogP contribution in [-0.4, -0.2) is 18.8 Å². The third-order valence-corrected chi connectivity index (χ3v) is 2.46. The van der Waals surface area contributed by atoms with Crippen LogP contribution in [0.1, 0.15) is 12.5 Å². The molecule has 1 N–H and O–H groups in total. The van der Waals surface area contributed by atoms with E-state index in [0.29, 0.717) is 5.02 Å². The van der Waals surface area contributed by atoms with Crippen LogP contribution in [-0.2, 0) is 10.3 Å². The molecule has 0 aromatic heterocycles. The molecule has 0 bridgehead atoms. The van der Waals surface area contributed by atoms with E-state index >= 15 is 0 Å². The number of hydrogen-bond acceptors (Lipinski definition) is 2. The van der Waals surface area contributed by atoms with Crippen molar-refractivity contribution in [2.45, 2.75) is 12.5 Å². The van der Waals surface area contributed by atoms with Crippen molar-refractivity contribution in [2.75, 3.05) is 13.7 Å². The number of hydrogen-bond donors (Lipinski definition) is 1. The molecule has 0 aliphatic carbocycles. The molecule has 0 spiro atoms. The Morgan fingerprint density at radius 2 is 1.92 bits per heavy atom. The molecule has 1 atom stereocenters. The van der Waals surface area contributed by atoms with Gasteiger partial charge in [-0.15, -0.1) is 0 Å². The number of aliphatic hydroxyl groups is 1. The van der Waals surface area contributed by atoms with Gasteiger partial charge in [0.2, 0.25) is 0 Å². The van der Waals surface area contributed by atoms with Gasteiger partial charge in [-0.1, -0.05) is 23.7 Å². The van der Waals surface area contributed by atoms with Crippen molar-refractivity contribution < 1.29 is 9.84 Å². The number of halogens is 1. The van der Waals surface area contributed by atoms with Gasteiger partial charge in [0.15, 0.2) is 0 Å². The van der Waals surface area contributed by atoms with Crippen molar-refractivity contribution in [1.82, 2.24) is 0 Å². The summed E-state index contributed by atoms with van der Waals surface area (Å²) in [6.45, 7) is 1.78. The molecule has 2 nitrogen and oxygen atoms in total. The Morgan fingerprint density at radius 3 is 2.31 bits per heavy atom. The summed E-state index contributed by atoms with van der Waals surface area (Å²) >= 11 is 5.74. The predicted molar refractivity (Wildman–Crippen MR) is 52.9 cm³/mol. The quantitative estimate of drug-likeness (QED) is 0.811. The summed E-state index contributed by atoms with van der Waals surface area (Å²) in [4.78, 5) is 0. The van der Waals surface area contributed by atoms with Gasteiger partial charge < -0.3 is 9.84 Å². The van der Waals surface area contributed by atoms with Crippen LogP contribution in [0.25, 0.3) is 0 Å². The number of rotatable bonds is 3. The Morgan fingerprint density at radius 1 is 1.38 bits per heavy atom. The lowest BCUT2D eigenvalue weighted by Gasteiger charge is -2.26. The molecular formula is C10H13ClO2. The molecule has 1 aromatic carbocycles. The van der Waals surface area contributed by atoms with Crippen molar-refractivity contribution >= 4 is 11.6 Å². The highest BCUT2D eigenvalue weighted by Crippen LogP contribution is 2.24. The maximum Gasteiger partial charge on any atom is 0.113 e. The Kier molecular flexibility index (Phi) is 3.31. The lowest BCUT2D eigenvalue weighted by Crippen LogP contribution is -2.28. The number of ether oxygens (including phenoxy) is 1. The molecule has 1 aromatic rings. The minimum Gasteiger partial charge on any atom is -0.393 e. The van der Waals surface area contributed by atoms with E-state index < -0.39 is 5.60 Å². The number of methoxy groups -OCH3 is 1. The highest BCUT2D eigenvalue weighted by molar-refractivity contribution is 6.30. The Bertz CT molecular complexity index is 265. The van der Waals surface area contributed by atoms with Gasteiger partial charge in [-0.2, -0.15) is 0 Å². The number of benzene rings is 1. The summed E-state index contributed by atoms with van der Waals surface area (Å²) in [5.41, 5.74) is 0.284. The van der Waals surface area contributed by atoms with Crippen LogP contribution < -0.4 is 0 Å². The van der Waals surface area contributed by atoms with E-state index in [-0.39, 0.29) is 6.61 Å². The van der Waals surface area contributed by atoms with Crippen molar-refractivity contribution in [2.24, 2.45) is 0 Å². The van der Waals surface area contributed by atoms with Gasteiger partial charge in [0.1, 0.15) is 5.60 Å². The van der Waals surface area contributed by atoms with E-state index in [1.807, 2.05) is 19.1 Å². The second-order valence-electron chi connectivity index (χ2n) is 3.10. The monoisotopic (exact) mass is 200 g/mol. The minimum atomic E-state index is -0.634. The van der Waals surface area contributed by atoms with Crippen LogP contribution in [0.4, 0.5) is 0 Å². The maximum atomic E-state index is 9.15. The zero-order valence-corrected chi connectivity index (χ0v) is 8.51. The first-order valence-electron chi connectivity index (χ1n) is 4.04. The largest absolute Gasteiger partial charge is 0.393 e. The molecule has 0 aliphatic heterocycles. The summed E-state index contributed by atoms with van der Waals surface area (Å²) in [5.74, 6) is 0. The smallest absolute Gasteiger partial charge is 0.113 e. The van der Waals surface area contributed by atoms with E-state index in [4.69, 9.17) is 21.4 Å². The number of aliphatic hydroxyl groups excluding tert-OH is 1. The van der Waals surface area contributed by atoms with Gasteiger partial charge in [-0.05, 0) is 24.6 Å². The van der Waals surface area contributed by atoms with Gasteiger partial charge in [-0.3, -0.25) is 0 Å². The fraction of sp³-hybridized carbons (Fsp3) is 0.400. The predicted octanol–water partition coefficient (Wildman–Crippen LogP) is 2.19. The molecule has 0 saturated heterocycles. The van der Waals surface area contributed by atoms with Gasteiger partial charge in [-0.25, -0.2) is 0 Å². The normalized spacial score (nSPS) is 15.4. The summed E-state index contributed by atoms with van der Waals surface area (Å²) < 4.78 is 5.22. The van der Waals surface area contributed by atoms with Crippen molar-refractivity contribution in [3.63, 3.8) is 0 Å². The first-order chi connectivity index (χ1) is 6.12. The van der Waals surface area contributed by atoms with E-state index in [1.165, 1.54) is 0 Å². The lowest BCUT2D eigenvalue weighted by molar-refractivity contribution is -0.0422. The molecule has 0 aliphatic rings. The summed E-state index contributed by atoms with van der Waals surface area (Å²) in [7, 11) is 1.57. The molecule has 13 heavy (non-hydrogen) atoms. The molecule has 1 rings (SSSR count). The zero-order valence-electron chi connectivity index (χ0n) is 7.75. The molecule has 0 saturated carbocycles. The molecule has 0 radical (unpaired) electrons. The van der Waals surface area contributed by atoms with Crippen molar-refractivity contribution in [3.8, 4) is 0 Å². The van der Waals surface area contributed by atoms with Crippen LogP contribution in [0.3, 0.4) is 0 Å². The van der Waals surface area contributed by atoms with E-state index in [2.05, 4.69) is 0 Å². The van der Waals surface area contributed by atoms with E-state index in [0.717, 1.165) is 5.56 Å². The first-order valence-corrected chi connectivity index (χ1v) is 4.42. The van der Waals surface area contributed by atoms with Gasteiger partial charge >= 0.3 is 0 Å². The van der Waals surface area contributed by atoms with Crippen LogP contribution in [0, 0.1) is 0 Å². The maximum absolute atomic E-state index is 9.15. The van der Waals surface area contributed by atoms with Crippen LogP contribution in [0.15, 0.2) is 24.3 Å². The highest BCUT2D eigenvalue weighted by Gasteiger charge is 2.24. The topological polar surface area (TPSA) is 29.5 Å². The third-order valence-electron chi connectivity index (χ3n) is 2.21. The molecular weight excluding hydrogens is 188 g/mol. The Labute approximate surface area is 83.1 Å². The standard InChI is InChI=1S/C10H13ClO2/c1-10(7-12,13-2)8-3-5-9(11)6-4-8/h3-6,12H,7H2,1-2H3. The van der Waals surface area contributed by atoms with Crippen LogP contribution in [0.2, 0.25) is 5.02 Å². The van der Waals surface area contributed by atoms with Gasteiger partial charge in [0, 0.05) is 12.1 Å². The molecule has 0 amide bonds. The summed E-state index contributed by atoms with van der Waals surface area (Å²) in [5, 5.41) is 9.83. The molecule has 0 heterocycles. The zero-order chi connectivity index (χ0) is 9.90. The van der Waals surface area contributed by atoms with E-state index in [9.17, 15) is 0 Å². The Balaban J connectivity index is 2.99. The van der Waals surface area contributed by atoms with E-state index in [1.54, 1.807) is 19.2 Å². The van der Waals surface area contributed by atoms with Gasteiger partial charge in [0.25, 0.3) is 0 Å². The molecule has 0 fully saturated rings. The Hall–Kier alpha value is -0.570. The fourth-order valence-electron chi connectivity index (χ4n) is 1.08. The average Bonchev–Trinajstić information content (AvgIpc) is 2.18. The van der Waals surface area contributed by atoms with Crippen molar-refractivity contribution in [1.29, 1.82) is 0 Å². The van der Waals surface area contributed by atoms with Crippen molar-refractivity contribution in [3.05, 3.63) is 34.9 Å². The fourth-order valence-corrected chi connectivity index (χ4v) is 1.20. The lowest BCUT2D eigenvalue weighted by atomic mass is 9.97. The van der Waals surface area contributed by atoms with Crippen LogP contribution >= 0.6 is 11.6 Å². The summed E-state index contributed by atoms with van der Waals surface area (Å²) in [6, 6.07) is 7.26. The molecule has 1 unspecified atom stereocenters. The SMILES string of the molecule is COC(C)(CO)c1ccc(Cl)cc1. The minimum absolute atomic E-state index is 0.0505. The third kappa shape index (κ3) is 2.21. The molecule has 72 valence electrons. The highest BCUT2D eigenvalue weighted by atomic mass is 35.5. The second-order valence-corrected chi connectivity index (χ2v) is 3.54. The summed E-state index contributed by atoms with van der Waals surface area (Å²) in [6.07, 6.45) is 0. The average molecular weight is 201 g/mol.